The molecule has 0 spiro atoms. The minimum Gasteiger partial charge on any atom is -0.310 e. The highest BCUT2D eigenvalue weighted by Gasteiger charge is 2.16. The van der Waals surface area contributed by atoms with Crippen LogP contribution >= 0.6 is 0 Å². The molecular weight excluding hydrogens is 639 g/mol. The van der Waals surface area contributed by atoms with Crippen LogP contribution in [0.25, 0.3) is 66.4 Å². The molecular formula is C52H37N. The van der Waals surface area contributed by atoms with Crippen LogP contribution in [0.15, 0.2) is 224 Å². The summed E-state index contributed by atoms with van der Waals surface area (Å²) in [5, 5.41) is 2.49. The Balaban J connectivity index is 1.14. The number of hydrogen-bond donors (Lipinski definition) is 0. The topological polar surface area (TPSA) is 3.24 Å². The third-order valence-corrected chi connectivity index (χ3v) is 10.0. The highest BCUT2D eigenvalue weighted by molar-refractivity contribution is 5.97. The van der Waals surface area contributed by atoms with Crippen LogP contribution in [-0.2, 0) is 0 Å². The van der Waals surface area contributed by atoms with Crippen LogP contribution in [0.4, 0.5) is 17.1 Å². The molecule has 53 heavy (non-hydrogen) atoms. The Morgan fingerprint density at radius 1 is 0.226 bits per heavy atom. The molecule has 0 unspecified atom stereocenters. The van der Waals surface area contributed by atoms with E-state index in [1.807, 2.05) is 0 Å². The van der Waals surface area contributed by atoms with Gasteiger partial charge in [-0.15, -0.1) is 0 Å². The fourth-order valence-corrected chi connectivity index (χ4v) is 7.38. The van der Waals surface area contributed by atoms with Gasteiger partial charge < -0.3 is 4.90 Å². The summed E-state index contributed by atoms with van der Waals surface area (Å²) in [5.41, 5.74) is 15.3. The quantitative estimate of drug-likeness (QED) is 0.155. The zero-order valence-corrected chi connectivity index (χ0v) is 29.3. The van der Waals surface area contributed by atoms with Crippen LogP contribution in [0.2, 0.25) is 0 Å². The molecule has 0 saturated carbocycles. The molecule has 0 aliphatic heterocycles. The lowest BCUT2D eigenvalue weighted by molar-refractivity contribution is 1.28. The van der Waals surface area contributed by atoms with Crippen molar-refractivity contribution in [2.24, 2.45) is 0 Å². The molecule has 0 atom stereocenters. The Bertz CT molecular complexity index is 2650. The Labute approximate surface area is 311 Å². The van der Waals surface area contributed by atoms with E-state index in [0.717, 1.165) is 17.1 Å². The van der Waals surface area contributed by atoms with Crippen LogP contribution in [0.5, 0.6) is 0 Å². The summed E-state index contributed by atoms with van der Waals surface area (Å²) in [7, 11) is 0. The zero-order chi connectivity index (χ0) is 35.4. The third kappa shape index (κ3) is 6.65. The second-order valence-corrected chi connectivity index (χ2v) is 13.4. The van der Waals surface area contributed by atoms with Crippen LogP contribution in [-0.4, -0.2) is 0 Å². The first-order chi connectivity index (χ1) is 26.3. The summed E-state index contributed by atoms with van der Waals surface area (Å²) in [4.78, 5) is 2.38. The van der Waals surface area contributed by atoms with Crippen molar-refractivity contribution < 1.29 is 0 Å². The second kappa shape index (κ2) is 14.3. The Hall–Kier alpha value is -6.96. The number of rotatable bonds is 8. The molecule has 0 bridgehead atoms. The van der Waals surface area contributed by atoms with Crippen molar-refractivity contribution in [3.63, 3.8) is 0 Å². The molecule has 0 radical (unpaired) electrons. The maximum atomic E-state index is 2.38. The van der Waals surface area contributed by atoms with Gasteiger partial charge in [0, 0.05) is 17.1 Å². The lowest BCUT2D eigenvalue weighted by Crippen LogP contribution is -2.10. The molecule has 0 fully saturated rings. The van der Waals surface area contributed by atoms with Gasteiger partial charge in [0.25, 0.3) is 0 Å². The normalized spacial score (nSPS) is 11.0. The molecule has 0 amide bonds. The minimum absolute atomic E-state index is 1.10. The van der Waals surface area contributed by atoms with E-state index >= 15 is 0 Å². The molecule has 0 aromatic heterocycles. The number of benzene rings is 9. The van der Waals surface area contributed by atoms with E-state index in [2.05, 4.69) is 229 Å². The maximum Gasteiger partial charge on any atom is 0.0467 e. The van der Waals surface area contributed by atoms with Gasteiger partial charge >= 0.3 is 0 Å². The number of nitrogens with zero attached hydrogens (tertiary/aromatic N) is 1. The van der Waals surface area contributed by atoms with Crippen LogP contribution < -0.4 is 4.90 Å². The van der Waals surface area contributed by atoms with Gasteiger partial charge in [0.15, 0.2) is 0 Å². The van der Waals surface area contributed by atoms with Gasteiger partial charge in [0.05, 0.1) is 0 Å². The molecule has 0 saturated heterocycles. The van der Waals surface area contributed by atoms with Crippen LogP contribution in [0.1, 0.15) is 0 Å². The lowest BCUT2D eigenvalue weighted by Gasteiger charge is -2.27. The van der Waals surface area contributed by atoms with Crippen molar-refractivity contribution >= 4 is 27.8 Å². The van der Waals surface area contributed by atoms with E-state index in [9.17, 15) is 0 Å². The molecule has 9 aromatic rings. The highest BCUT2D eigenvalue weighted by Crippen LogP contribution is 2.40. The average Bonchev–Trinajstić information content (AvgIpc) is 3.25. The molecule has 0 aliphatic carbocycles. The van der Waals surface area contributed by atoms with E-state index in [0.29, 0.717) is 0 Å². The number of hydrogen-bond acceptors (Lipinski definition) is 1. The standard InChI is InChI=1S/C52H37N/c1-3-14-38(15-4-1)42-20-9-22-44(34-42)40-30-32-48(33-31-40)53(50-27-12-25-47(37-50)52-29-13-19-41-18-7-8-28-51(41)52)49-26-11-24-46(36-49)45-23-10-21-43(35-45)39-16-5-2-6-17-39/h1-37H. The molecule has 9 rings (SSSR count). The van der Waals surface area contributed by atoms with Crippen molar-refractivity contribution in [1.29, 1.82) is 0 Å². The fourth-order valence-electron chi connectivity index (χ4n) is 7.38. The lowest BCUT2D eigenvalue weighted by atomic mass is 9.97. The summed E-state index contributed by atoms with van der Waals surface area (Å²) in [6.07, 6.45) is 0. The van der Waals surface area contributed by atoms with Crippen molar-refractivity contribution in [3.05, 3.63) is 224 Å². The highest BCUT2D eigenvalue weighted by atomic mass is 15.1. The average molecular weight is 676 g/mol. The smallest absolute Gasteiger partial charge is 0.0467 e. The monoisotopic (exact) mass is 675 g/mol. The predicted octanol–water partition coefficient (Wildman–Crippen LogP) is 14.6. The van der Waals surface area contributed by atoms with Gasteiger partial charge in [-0.25, -0.2) is 0 Å². The van der Waals surface area contributed by atoms with Crippen molar-refractivity contribution in [2.45, 2.75) is 0 Å². The Morgan fingerprint density at radius 2 is 0.623 bits per heavy atom. The molecule has 0 heterocycles. The summed E-state index contributed by atoms with van der Waals surface area (Å²) < 4.78 is 0. The van der Waals surface area contributed by atoms with E-state index in [-0.39, 0.29) is 0 Å². The van der Waals surface area contributed by atoms with Gasteiger partial charge in [0.1, 0.15) is 0 Å². The van der Waals surface area contributed by atoms with Crippen molar-refractivity contribution in [1.82, 2.24) is 0 Å². The first kappa shape index (κ1) is 32.0. The molecule has 1 heteroatoms. The van der Waals surface area contributed by atoms with E-state index in [4.69, 9.17) is 0 Å². The second-order valence-electron chi connectivity index (χ2n) is 13.4. The van der Waals surface area contributed by atoms with Crippen molar-refractivity contribution in [3.8, 4) is 55.6 Å². The van der Waals surface area contributed by atoms with Gasteiger partial charge in [0.2, 0.25) is 0 Å². The van der Waals surface area contributed by atoms with E-state index in [1.165, 1.54) is 66.4 Å². The first-order valence-electron chi connectivity index (χ1n) is 18.2. The first-order valence-corrected chi connectivity index (χ1v) is 18.2. The molecule has 0 N–H and O–H groups in total. The predicted molar refractivity (Wildman–Crippen MR) is 226 cm³/mol. The minimum atomic E-state index is 1.10. The maximum absolute atomic E-state index is 2.38. The summed E-state index contributed by atoms with van der Waals surface area (Å²) in [6.45, 7) is 0. The van der Waals surface area contributed by atoms with Gasteiger partial charge in [-0.3, -0.25) is 0 Å². The molecule has 0 aliphatic rings. The number of fused-ring (bicyclic) bond motifs is 1. The fraction of sp³-hybridized carbons (Fsp3) is 0. The van der Waals surface area contributed by atoms with Gasteiger partial charge in [-0.2, -0.15) is 0 Å². The molecule has 250 valence electrons. The third-order valence-electron chi connectivity index (χ3n) is 10.0. The number of anilines is 3. The Kier molecular flexibility index (Phi) is 8.66. The SMILES string of the molecule is c1ccc(-c2cccc(-c3ccc(N(c4cccc(-c5cccc(-c6ccccc6)c5)c4)c4cccc(-c5cccc6ccccc56)c4)cc3)c2)cc1. The molecule has 9 aromatic carbocycles. The zero-order valence-electron chi connectivity index (χ0n) is 29.3. The molecule has 1 nitrogen and oxygen atoms in total. The van der Waals surface area contributed by atoms with E-state index in [1.54, 1.807) is 0 Å². The Morgan fingerprint density at radius 3 is 1.23 bits per heavy atom. The van der Waals surface area contributed by atoms with Gasteiger partial charge in [-0.1, -0.05) is 176 Å². The van der Waals surface area contributed by atoms with Gasteiger partial charge in [-0.05, 0) is 115 Å². The van der Waals surface area contributed by atoms with Crippen LogP contribution in [0, 0.1) is 0 Å². The largest absolute Gasteiger partial charge is 0.310 e. The van der Waals surface area contributed by atoms with Crippen LogP contribution in [0.3, 0.4) is 0 Å². The summed E-state index contributed by atoms with van der Waals surface area (Å²) >= 11 is 0. The van der Waals surface area contributed by atoms with E-state index < -0.39 is 0 Å². The summed E-state index contributed by atoms with van der Waals surface area (Å²) in [5.74, 6) is 0. The summed E-state index contributed by atoms with van der Waals surface area (Å²) in [6, 6.07) is 80.8. The van der Waals surface area contributed by atoms with Crippen molar-refractivity contribution in [2.75, 3.05) is 4.90 Å².